The van der Waals surface area contributed by atoms with Crippen LogP contribution < -0.4 is 14.8 Å². The minimum absolute atomic E-state index is 0.0337. The zero-order valence-electron chi connectivity index (χ0n) is 12.3. The lowest BCUT2D eigenvalue weighted by Crippen LogP contribution is -2.02. The molecule has 0 unspecified atom stereocenters. The van der Waals surface area contributed by atoms with Gasteiger partial charge in [-0.25, -0.2) is 0 Å². The number of methoxy groups -OCH3 is 2. The van der Waals surface area contributed by atoms with E-state index in [9.17, 15) is 5.11 Å². The van der Waals surface area contributed by atoms with Gasteiger partial charge in [-0.05, 0) is 35.4 Å². The maximum Gasteiger partial charge on any atom is 0.179 e. The van der Waals surface area contributed by atoms with Gasteiger partial charge in [-0.1, -0.05) is 29.3 Å². The van der Waals surface area contributed by atoms with E-state index in [-0.39, 0.29) is 6.61 Å². The fourth-order valence-corrected chi connectivity index (χ4v) is 2.57. The molecular weight excluding hydrogens is 325 g/mol. The van der Waals surface area contributed by atoms with E-state index in [4.69, 9.17) is 32.7 Å². The van der Waals surface area contributed by atoms with Crippen LogP contribution in [0.25, 0.3) is 0 Å². The first-order chi connectivity index (χ1) is 10.6. The standard InChI is InChI=1S/C16H17Cl2NO3/c1-21-15-7-11(5-13(18)16(15)22-2)8-19-14-6-10(9-20)3-4-12(14)17/h3-7,19-20H,8-9H2,1-2H3. The summed E-state index contributed by atoms with van der Waals surface area (Å²) in [5.41, 5.74) is 2.46. The first-order valence-corrected chi connectivity index (χ1v) is 7.38. The van der Waals surface area contributed by atoms with Crippen LogP contribution in [0, 0.1) is 0 Å². The highest BCUT2D eigenvalue weighted by atomic mass is 35.5. The quantitative estimate of drug-likeness (QED) is 0.829. The van der Waals surface area contributed by atoms with Gasteiger partial charge in [0, 0.05) is 6.54 Å². The molecule has 0 aliphatic carbocycles. The third-order valence-corrected chi connectivity index (χ3v) is 3.80. The van der Waals surface area contributed by atoms with Gasteiger partial charge in [0.2, 0.25) is 0 Å². The predicted molar refractivity (Wildman–Crippen MR) is 89.3 cm³/mol. The molecule has 2 aromatic carbocycles. The van der Waals surface area contributed by atoms with Crippen molar-refractivity contribution in [3.8, 4) is 11.5 Å². The highest BCUT2D eigenvalue weighted by molar-refractivity contribution is 6.33. The summed E-state index contributed by atoms with van der Waals surface area (Å²) in [5.74, 6) is 1.08. The van der Waals surface area contributed by atoms with E-state index in [1.165, 1.54) is 0 Å². The summed E-state index contributed by atoms with van der Waals surface area (Å²) >= 11 is 12.3. The summed E-state index contributed by atoms with van der Waals surface area (Å²) in [4.78, 5) is 0. The van der Waals surface area contributed by atoms with Gasteiger partial charge in [0.05, 0.1) is 36.6 Å². The number of nitrogens with one attached hydrogen (secondary N) is 1. The molecule has 22 heavy (non-hydrogen) atoms. The Morgan fingerprint density at radius 1 is 1.00 bits per heavy atom. The second-order valence-electron chi connectivity index (χ2n) is 4.64. The minimum Gasteiger partial charge on any atom is -0.493 e. The Labute approximate surface area is 139 Å². The predicted octanol–water partition coefficient (Wildman–Crippen LogP) is 4.12. The van der Waals surface area contributed by atoms with E-state index in [1.807, 2.05) is 12.1 Å². The number of aliphatic hydroxyl groups is 1. The number of hydrogen-bond donors (Lipinski definition) is 2. The highest BCUT2D eigenvalue weighted by Crippen LogP contribution is 2.36. The van der Waals surface area contributed by atoms with Crippen LogP contribution in [0.3, 0.4) is 0 Å². The molecule has 0 bridgehead atoms. The lowest BCUT2D eigenvalue weighted by atomic mass is 10.1. The molecule has 6 heteroatoms. The molecule has 0 fully saturated rings. The van der Waals surface area contributed by atoms with Crippen molar-refractivity contribution in [3.63, 3.8) is 0 Å². The Morgan fingerprint density at radius 2 is 1.77 bits per heavy atom. The molecule has 0 amide bonds. The summed E-state index contributed by atoms with van der Waals surface area (Å²) < 4.78 is 10.5. The zero-order valence-corrected chi connectivity index (χ0v) is 13.8. The lowest BCUT2D eigenvalue weighted by molar-refractivity contribution is 0.282. The van der Waals surface area contributed by atoms with Crippen molar-refractivity contribution in [3.05, 3.63) is 51.5 Å². The molecule has 0 aliphatic heterocycles. The topological polar surface area (TPSA) is 50.7 Å². The lowest BCUT2D eigenvalue weighted by Gasteiger charge is -2.14. The highest BCUT2D eigenvalue weighted by Gasteiger charge is 2.11. The minimum atomic E-state index is -0.0337. The number of halogens is 2. The normalized spacial score (nSPS) is 10.4. The van der Waals surface area contributed by atoms with E-state index < -0.39 is 0 Å². The molecule has 0 saturated heterocycles. The van der Waals surface area contributed by atoms with E-state index in [2.05, 4.69) is 5.32 Å². The van der Waals surface area contributed by atoms with E-state index in [1.54, 1.807) is 32.4 Å². The van der Waals surface area contributed by atoms with Crippen LogP contribution in [0.2, 0.25) is 10.0 Å². The molecule has 0 atom stereocenters. The van der Waals surface area contributed by atoms with Crippen LogP contribution in [-0.4, -0.2) is 19.3 Å². The number of aliphatic hydroxyl groups excluding tert-OH is 1. The number of anilines is 1. The first kappa shape index (κ1) is 16.7. The summed E-state index contributed by atoms with van der Waals surface area (Å²) in [5, 5.41) is 13.5. The van der Waals surface area contributed by atoms with E-state index in [0.717, 1.165) is 16.8 Å². The number of benzene rings is 2. The smallest absolute Gasteiger partial charge is 0.179 e. The van der Waals surface area contributed by atoms with Crippen molar-refractivity contribution in [2.45, 2.75) is 13.2 Å². The molecule has 0 saturated carbocycles. The van der Waals surface area contributed by atoms with Crippen molar-refractivity contribution in [1.82, 2.24) is 0 Å². The summed E-state index contributed by atoms with van der Waals surface area (Å²) in [6, 6.07) is 8.99. The Balaban J connectivity index is 2.20. The maximum atomic E-state index is 9.18. The molecule has 0 aromatic heterocycles. The van der Waals surface area contributed by atoms with Crippen LogP contribution in [0.15, 0.2) is 30.3 Å². The largest absolute Gasteiger partial charge is 0.493 e. The van der Waals surface area contributed by atoms with E-state index >= 15 is 0 Å². The third kappa shape index (κ3) is 3.77. The molecule has 0 radical (unpaired) electrons. The average Bonchev–Trinajstić information content (AvgIpc) is 2.53. The van der Waals surface area contributed by atoms with Crippen molar-refractivity contribution in [1.29, 1.82) is 0 Å². The fraction of sp³-hybridized carbons (Fsp3) is 0.250. The Hall–Kier alpha value is -1.62. The van der Waals surface area contributed by atoms with Crippen molar-refractivity contribution in [2.75, 3.05) is 19.5 Å². The number of rotatable bonds is 6. The molecule has 0 heterocycles. The van der Waals surface area contributed by atoms with Gasteiger partial charge in [-0.3, -0.25) is 0 Å². The zero-order chi connectivity index (χ0) is 16.1. The molecule has 2 rings (SSSR count). The molecular formula is C16H17Cl2NO3. The average molecular weight is 342 g/mol. The van der Waals surface area contributed by atoms with Gasteiger partial charge in [0.1, 0.15) is 0 Å². The third-order valence-electron chi connectivity index (χ3n) is 3.19. The monoisotopic (exact) mass is 341 g/mol. The van der Waals surface area contributed by atoms with Gasteiger partial charge in [0.15, 0.2) is 11.5 Å². The van der Waals surface area contributed by atoms with Crippen LogP contribution in [0.4, 0.5) is 5.69 Å². The molecule has 0 aliphatic rings. The molecule has 4 nitrogen and oxygen atoms in total. The van der Waals surface area contributed by atoms with Gasteiger partial charge >= 0.3 is 0 Å². The molecule has 0 spiro atoms. The van der Waals surface area contributed by atoms with Gasteiger partial charge in [-0.2, -0.15) is 0 Å². The Kier molecular flexibility index (Phi) is 5.77. The first-order valence-electron chi connectivity index (χ1n) is 6.62. The number of ether oxygens (including phenoxy) is 2. The second kappa shape index (κ2) is 7.58. The fourth-order valence-electron chi connectivity index (χ4n) is 2.08. The van der Waals surface area contributed by atoms with Crippen molar-refractivity contribution in [2.24, 2.45) is 0 Å². The summed E-state index contributed by atoms with van der Waals surface area (Å²) in [6.45, 7) is 0.475. The van der Waals surface area contributed by atoms with Gasteiger partial charge < -0.3 is 19.9 Å². The van der Waals surface area contributed by atoms with E-state index in [0.29, 0.717) is 28.1 Å². The Bertz CT molecular complexity index is 662. The van der Waals surface area contributed by atoms with Crippen molar-refractivity contribution >= 4 is 28.9 Å². The van der Waals surface area contributed by atoms with Gasteiger partial charge in [0.25, 0.3) is 0 Å². The van der Waals surface area contributed by atoms with Crippen LogP contribution in [0.5, 0.6) is 11.5 Å². The molecule has 2 aromatic rings. The van der Waals surface area contributed by atoms with Gasteiger partial charge in [-0.15, -0.1) is 0 Å². The van der Waals surface area contributed by atoms with Crippen LogP contribution in [-0.2, 0) is 13.2 Å². The second-order valence-corrected chi connectivity index (χ2v) is 5.45. The summed E-state index contributed by atoms with van der Waals surface area (Å²) in [7, 11) is 3.11. The molecule has 2 N–H and O–H groups in total. The van der Waals surface area contributed by atoms with Crippen LogP contribution >= 0.6 is 23.2 Å². The molecule has 118 valence electrons. The summed E-state index contributed by atoms with van der Waals surface area (Å²) in [6.07, 6.45) is 0. The Morgan fingerprint density at radius 3 is 2.41 bits per heavy atom. The van der Waals surface area contributed by atoms with Crippen LogP contribution in [0.1, 0.15) is 11.1 Å². The maximum absolute atomic E-state index is 9.18. The SMILES string of the molecule is COc1cc(CNc2cc(CO)ccc2Cl)cc(Cl)c1OC. The van der Waals surface area contributed by atoms with Crippen molar-refractivity contribution < 1.29 is 14.6 Å². The number of hydrogen-bond acceptors (Lipinski definition) is 4.